The zero-order valence-corrected chi connectivity index (χ0v) is 22.5. The third kappa shape index (κ3) is 7.13. The molecule has 0 aliphatic carbocycles. The molecule has 200 valence electrons. The maximum absolute atomic E-state index is 13.0. The van der Waals surface area contributed by atoms with E-state index in [0.29, 0.717) is 45.6 Å². The predicted molar refractivity (Wildman–Crippen MR) is 149 cm³/mol. The summed E-state index contributed by atoms with van der Waals surface area (Å²) >= 11 is 0. The van der Waals surface area contributed by atoms with E-state index in [4.69, 9.17) is 4.74 Å². The molecule has 8 nitrogen and oxygen atoms in total. The molecule has 1 fully saturated rings. The first kappa shape index (κ1) is 27.2. The van der Waals surface area contributed by atoms with Gasteiger partial charge in [0.25, 0.3) is 5.91 Å². The number of nitrogens with one attached hydrogen (secondary N) is 1. The van der Waals surface area contributed by atoms with E-state index < -0.39 is 15.9 Å². The van der Waals surface area contributed by atoms with Gasteiger partial charge in [-0.05, 0) is 66.4 Å². The Morgan fingerprint density at radius 1 is 0.921 bits per heavy atom. The molecular weight excluding hydrogens is 502 g/mol. The summed E-state index contributed by atoms with van der Waals surface area (Å²) in [5.74, 6) is 0.314. The van der Waals surface area contributed by atoms with Crippen molar-refractivity contribution in [3.8, 4) is 16.9 Å². The highest BCUT2D eigenvalue weighted by molar-refractivity contribution is 7.89. The summed E-state index contributed by atoms with van der Waals surface area (Å²) in [6.45, 7) is 5.18. The zero-order chi connectivity index (χ0) is 27.1. The summed E-state index contributed by atoms with van der Waals surface area (Å²) < 4.78 is 30.2. The molecule has 0 atom stereocenters. The minimum atomic E-state index is -3.61. The van der Waals surface area contributed by atoms with Gasteiger partial charge in [-0.3, -0.25) is 9.59 Å². The molecule has 0 radical (unpaired) electrons. The quantitative estimate of drug-likeness (QED) is 0.449. The second-order valence-electron chi connectivity index (χ2n) is 9.24. The van der Waals surface area contributed by atoms with Crippen molar-refractivity contribution in [3.63, 3.8) is 0 Å². The first-order chi connectivity index (χ1) is 18.2. The number of carbonyl (C=O) groups is 2. The van der Waals surface area contributed by atoms with Gasteiger partial charge in [0.05, 0.1) is 12.9 Å². The molecule has 2 amide bonds. The van der Waals surface area contributed by atoms with E-state index in [2.05, 4.69) is 23.1 Å². The van der Waals surface area contributed by atoms with Crippen LogP contribution in [0, 0.1) is 0 Å². The molecule has 0 unspecified atom stereocenters. The maximum atomic E-state index is 13.0. The number of carbonyl (C=O) groups excluding carboxylic acids is 2. The lowest BCUT2D eigenvalue weighted by Crippen LogP contribution is -2.48. The van der Waals surface area contributed by atoms with Crippen LogP contribution in [0.3, 0.4) is 0 Å². The maximum Gasteiger partial charge on any atom is 0.264 e. The summed E-state index contributed by atoms with van der Waals surface area (Å²) in [5, 5.41) is 0. The van der Waals surface area contributed by atoms with Crippen molar-refractivity contribution >= 4 is 27.5 Å². The fourth-order valence-corrected chi connectivity index (χ4v) is 5.06. The number of benzene rings is 3. The van der Waals surface area contributed by atoms with Crippen molar-refractivity contribution in [3.05, 3.63) is 83.9 Å². The van der Waals surface area contributed by atoms with Crippen molar-refractivity contribution in [1.82, 2.24) is 9.62 Å². The van der Waals surface area contributed by atoms with Gasteiger partial charge in [0.15, 0.2) is 0 Å². The molecule has 1 saturated heterocycles. The largest absolute Gasteiger partial charge is 0.494 e. The average Bonchev–Trinajstić information content (AvgIpc) is 2.91. The molecule has 1 aliphatic rings. The number of hydrogen-bond donors (Lipinski definition) is 1. The molecule has 3 aromatic carbocycles. The van der Waals surface area contributed by atoms with Crippen LogP contribution in [0.15, 0.2) is 72.8 Å². The molecule has 3 aromatic rings. The number of anilines is 1. The second kappa shape index (κ2) is 12.1. The number of ether oxygens (including phenoxy) is 1. The molecule has 0 bridgehead atoms. The Morgan fingerprint density at radius 3 is 2.32 bits per heavy atom. The monoisotopic (exact) mass is 535 g/mol. The van der Waals surface area contributed by atoms with Crippen LogP contribution in [0.5, 0.6) is 5.75 Å². The number of nitrogens with zero attached hydrogens (tertiary/aromatic N) is 2. The van der Waals surface area contributed by atoms with Crippen LogP contribution in [0.25, 0.3) is 11.1 Å². The van der Waals surface area contributed by atoms with Crippen LogP contribution in [0.4, 0.5) is 5.69 Å². The van der Waals surface area contributed by atoms with E-state index in [1.165, 1.54) is 0 Å². The van der Waals surface area contributed by atoms with Crippen LogP contribution >= 0.6 is 0 Å². The standard InChI is InChI=1S/C29H33N3O5S/c1-3-37-26-9-6-8-24(21-26)27-10-5-4-7-22(27)13-16-28(33)32-19-17-31(18-20-32)25-14-11-23(12-15-25)29(34)30-38(2,35)36/h4-12,14-15,21H,3,13,16-20H2,1-2H3,(H,30,34). The Morgan fingerprint density at radius 2 is 1.63 bits per heavy atom. The Kier molecular flexibility index (Phi) is 8.68. The van der Waals surface area contributed by atoms with Gasteiger partial charge < -0.3 is 14.5 Å². The van der Waals surface area contributed by atoms with E-state index >= 15 is 0 Å². The van der Waals surface area contributed by atoms with E-state index in [1.807, 2.05) is 46.9 Å². The van der Waals surface area contributed by atoms with Gasteiger partial charge >= 0.3 is 0 Å². The lowest BCUT2D eigenvalue weighted by Gasteiger charge is -2.36. The first-order valence-electron chi connectivity index (χ1n) is 12.7. The highest BCUT2D eigenvalue weighted by atomic mass is 32.2. The lowest BCUT2D eigenvalue weighted by atomic mass is 9.96. The summed E-state index contributed by atoms with van der Waals surface area (Å²) in [7, 11) is -3.61. The second-order valence-corrected chi connectivity index (χ2v) is 11.0. The predicted octanol–water partition coefficient (Wildman–Crippen LogP) is 3.72. The van der Waals surface area contributed by atoms with E-state index in [0.717, 1.165) is 34.4 Å². The molecule has 0 saturated carbocycles. The number of rotatable bonds is 9. The Labute approximate surface area is 224 Å². The smallest absolute Gasteiger partial charge is 0.264 e. The molecule has 4 rings (SSSR count). The summed E-state index contributed by atoms with van der Waals surface area (Å²) in [6.07, 6.45) is 2.04. The van der Waals surface area contributed by atoms with Crippen LogP contribution in [-0.4, -0.2) is 64.2 Å². The highest BCUT2D eigenvalue weighted by Gasteiger charge is 2.22. The number of piperazine rings is 1. The Hall–Kier alpha value is -3.85. The zero-order valence-electron chi connectivity index (χ0n) is 21.7. The molecule has 1 aliphatic heterocycles. The lowest BCUT2D eigenvalue weighted by molar-refractivity contribution is -0.131. The van der Waals surface area contributed by atoms with Crippen molar-refractivity contribution in [2.75, 3.05) is 43.9 Å². The Balaban J connectivity index is 1.32. The Bertz CT molecular complexity index is 1380. The number of amides is 2. The SMILES string of the molecule is CCOc1cccc(-c2ccccc2CCC(=O)N2CCN(c3ccc(C(=O)NS(C)(=O)=O)cc3)CC2)c1. The minimum absolute atomic E-state index is 0.135. The normalized spacial score (nSPS) is 13.7. The van der Waals surface area contributed by atoms with E-state index in [-0.39, 0.29) is 11.5 Å². The molecule has 9 heteroatoms. The van der Waals surface area contributed by atoms with Crippen LogP contribution < -0.4 is 14.4 Å². The van der Waals surface area contributed by atoms with Gasteiger partial charge in [0.1, 0.15) is 5.75 Å². The van der Waals surface area contributed by atoms with Crippen molar-refractivity contribution < 1.29 is 22.7 Å². The van der Waals surface area contributed by atoms with Crippen molar-refractivity contribution in [2.45, 2.75) is 19.8 Å². The van der Waals surface area contributed by atoms with Gasteiger partial charge in [-0.2, -0.15) is 0 Å². The number of aryl methyl sites for hydroxylation is 1. The van der Waals surface area contributed by atoms with Gasteiger partial charge in [0, 0.05) is 43.9 Å². The first-order valence-corrected chi connectivity index (χ1v) is 14.6. The molecule has 1 N–H and O–H groups in total. The van der Waals surface area contributed by atoms with Crippen LogP contribution in [0.1, 0.15) is 29.3 Å². The highest BCUT2D eigenvalue weighted by Crippen LogP contribution is 2.28. The molecule has 38 heavy (non-hydrogen) atoms. The summed E-state index contributed by atoms with van der Waals surface area (Å²) in [6, 6.07) is 23.0. The van der Waals surface area contributed by atoms with Crippen LogP contribution in [-0.2, 0) is 21.2 Å². The molecular formula is C29H33N3O5S. The van der Waals surface area contributed by atoms with Gasteiger partial charge in [-0.15, -0.1) is 0 Å². The number of sulfonamides is 1. The third-order valence-electron chi connectivity index (χ3n) is 6.49. The minimum Gasteiger partial charge on any atom is -0.494 e. The van der Waals surface area contributed by atoms with Crippen molar-refractivity contribution in [1.29, 1.82) is 0 Å². The average molecular weight is 536 g/mol. The van der Waals surface area contributed by atoms with Gasteiger partial charge in [-0.1, -0.05) is 36.4 Å². The fraction of sp³-hybridized carbons (Fsp3) is 0.310. The third-order valence-corrected chi connectivity index (χ3v) is 7.04. The van der Waals surface area contributed by atoms with Crippen molar-refractivity contribution in [2.24, 2.45) is 0 Å². The summed E-state index contributed by atoms with van der Waals surface area (Å²) in [5.41, 5.74) is 4.52. The number of hydrogen-bond acceptors (Lipinski definition) is 6. The van der Waals surface area contributed by atoms with Gasteiger partial charge in [0.2, 0.25) is 15.9 Å². The molecule has 0 aromatic heterocycles. The van der Waals surface area contributed by atoms with E-state index in [1.54, 1.807) is 24.3 Å². The summed E-state index contributed by atoms with van der Waals surface area (Å²) in [4.78, 5) is 29.1. The fourth-order valence-electron chi connectivity index (χ4n) is 4.60. The topological polar surface area (TPSA) is 96.0 Å². The van der Waals surface area contributed by atoms with Gasteiger partial charge in [-0.25, -0.2) is 13.1 Å². The molecule has 0 spiro atoms. The van der Waals surface area contributed by atoms with Crippen LogP contribution in [0.2, 0.25) is 0 Å². The van der Waals surface area contributed by atoms with E-state index in [9.17, 15) is 18.0 Å². The molecule has 1 heterocycles.